The van der Waals surface area contributed by atoms with E-state index in [4.69, 9.17) is 16.9 Å². The standard InChI is InChI=1S/C15H19ClN2O/c1-15(7-3-2-4-14(15)19)10-18-13-6-5-12(16)8-11(13)9-17/h5-6,8,14,18-19H,2-4,7,10H2,1H3. The lowest BCUT2D eigenvalue weighted by Crippen LogP contribution is -2.41. The molecule has 102 valence electrons. The van der Waals surface area contributed by atoms with Gasteiger partial charge in [-0.25, -0.2) is 0 Å². The third kappa shape index (κ3) is 3.20. The topological polar surface area (TPSA) is 56.0 Å². The van der Waals surface area contributed by atoms with Gasteiger partial charge in [-0.2, -0.15) is 5.26 Å². The molecule has 2 unspecified atom stereocenters. The highest BCUT2D eigenvalue weighted by Crippen LogP contribution is 2.36. The number of benzene rings is 1. The zero-order valence-corrected chi connectivity index (χ0v) is 11.9. The second kappa shape index (κ2) is 5.81. The van der Waals surface area contributed by atoms with E-state index in [0.29, 0.717) is 17.1 Å². The highest BCUT2D eigenvalue weighted by molar-refractivity contribution is 6.30. The van der Waals surface area contributed by atoms with Crippen LogP contribution in [-0.2, 0) is 0 Å². The van der Waals surface area contributed by atoms with Gasteiger partial charge >= 0.3 is 0 Å². The Morgan fingerprint density at radius 3 is 3.00 bits per heavy atom. The average molecular weight is 279 g/mol. The summed E-state index contributed by atoms with van der Waals surface area (Å²) in [6.45, 7) is 2.77. The van der Waals surface area contributed by atoms with E-state index >= 15 is 0 Å². The largest absolute Gasteiger partial charge is 0.392 e. The van der Waals surface area contributed by atoms with Gasteiger partial charge in [0.15, 0.2) is 0 Å². The van der Waals surface area contributed by atoms with E-state index in [9.17, 15) is 5.11 Å². The van der Waals surface area contributed by atoms with Crippen molar-refractivity contribution in [3.63, 3.8) is 0 Å². The summed E-state index contributed by atoms with van der Waals surface area (Å²) in [6.07, 6.45) is 3.86. The third-order valence-corrected chi connectivity index (χ3v) is 4.30. The number of nitriles is 1. The van der Waals surface area contributed by atoms with E-state index in [1.807, 2.05) is 6.07 Å². The molecule has 0 aromatic heterocycles. The van der Waals surface area contributed by atoms with Crippen molar-refractivity contribution in [3.8, 4) is 6.07 Å². The quantitative estimate of drug-likeness (QED) is 0.889. The Hall–Kier alpha value is -1.24. The molecule has 0 amide bonds. The average Bonchev–Trinajstić information content (AvgIpc) is 2.41. The summed E-state index contributed by atoms with van der Waals surface area (Å²) in [5.74, 6) is 0. The molecular formula is C15H19ClN2O. The molecule has 0 heterocycles. The smallest absolute Gasteiger partial charge is 0.101 e. The Balaban J connectivity index is 2.08. The van der Waals surface area contributed by atoms with Gasteiger partial charge in [0.1, 0.15) is 6.07 Å². The number of aliphatic hydroxyl groups is 1. The van der Waals surface area contributed by atoms with Gasteiger partial charge < -0.3 is 10.4 Å². The first-order chi connectivity index (χ1) is 9.05. The summed E-state index contributed by atoms with van der Waals surface area (Å²) in [5, 5.41) is 23.1. The van der Waals surface area contributed by atoms with E-state index in [1.54, 1.807) is 12.1 Å². The first kappa shape index (κ1) is 14.2. The summed E-state index contributed by atoms with van der Waals surface area (Å²) >= 11 is 5.88. The van der Waals surface area contributed by atoms with E-state index in [-0.39, 0.29) is 11.5 Å². The van der Waals surface area contributed by atoms with Crippen molar-refractivity contribution >= 4 is 17.3 Å². The summed E-state index contributed by atoms with van der Waals surface area (Å²) in [6, 6.07) is 7.38. The van der Waals surface area contributed by atoms with Crippen LogP contribution in [0.15, 0.2) is 18.2 Å². The lowest BCUT2D eigenvalue weighted by molar-refractivity contribution is 0.00963. The van der Waals surface area contributed by atoms with Crippen molar-refractivity contribution in [2.24, 2.45) is 5.41 Å². The van der Waals surface area contributed by atoms with Gasteiger partial charge in [0.25, 0.3) is 0 Å². The molecule has 0 radical (unpaired) electrons. The number of hydrogen-bond acceptors (Lipinski definition) is 3. The van der Waals surface area contributed by atoms with E-state index in [0.717, 1.165) is 31.4 Å². The Morgan fingerprint density at radius 2 is 2.32 bits per heavy atom. The van der Waals surface area contributed by atoms with E-state index in [1.165, 1.54) is 0 Å². The van der Waals surface area contributed by atoms with Crippen molar-refractivity contribution in [2.75, 3.05) is 11.9 Å². The zero-order valence-electron chi connectivity index (χ0n) is 11.1. The van der Waals surface area contributed by atoms with Crippen LogP contribution in [0.3, 0.4) is 0 Å². The number of nitrogens with zero attached hydrogens (tertiary/aromatic N) is 1. The first-order valence-electron chi connectivity index (χ1n) is 6.67. The molecular weight excluding hydrogens is 260 g/mol. The van der Waals surface area contributed by atoms with Crippen LogP contribution in [0, 0.1) is 16.7 Å². The minimum atomic E-state index is -0.272. The number of hydrogen-bond donors (Lipinski definition) is 2. The molecule has 0 saturated heterocycles. The number of nitrogens with one attached hydrogen (secondary N) is 1. The number of halogens is 1. The van der Waals surface area contributed by atoms with Gasteiger partial charge in [0, 0.05) is 17.0 Å². The third-order valence-electron chi connectivity index (χ3n) is 4.06. The second-order valence-electron chi connectivity index (χ2n) is 5.57. The summed E-state index contributed by atoms with van der Waals surface area (Å²) in [5.41, 5.74) is 1.21. The van der Waals surface area contributed by atoms with Crippen molar-refractivity contribution in [3.05, 3.63) is 28.8 Å². The molecule has 2 N–H and O–H groups in total. The SMILES string of the molecule is CC1(CNc2ccc(Cl)cc2C#N)CCCCC1O. The summed E-state index contributed by atoms with van der Waals surface area (Å²) in [4.78, 5) is 0. The van der Waals surface area contributed by atoms with Crippen molar-refractivity contribution in [1.29, 1.82) is 5.26 Å². The molecule has 2 rings (SSSR count). The van der Waals surface area contributed by atoms with Crippen molar-refractivity contribution in [2.45, 2.75) is 38.7 Å². The number of rotatable bonds is 3. The Labute approximate surface area is 119 Å². The van der Waals surface area contributed by atoms with Crippen LogP contribution in [0.25, 0.3) is 0 Å². The number of aliphatic hydroxyl groups excluding tert-OH is 1. The maximum Gasteiger partial charge on any atom is 0.101 e. The molecule has 0 spiro atoms. The van der Waals surface area contributed by atoms with Crippen LogP contribution in [0.5, 0.6) is 0 Å². The molecule has 1 saturated carbocycles. The Kier molecular flexibility index (Phi) is 4.34. The maximum absolute atomic E-state index is 10.2. The van der Waals surface area contributed by atoms with Gasteiger partial charge in [-0.3, -0.25) is 0 Å². The van der Waals surface area contributed by atoms with Crippen molar-refractivity contribution in [1.82, 2.24) is 0 Å². The second-order valence-corrected chi connectivity index (χ2v) is 6.01. The predicted octanol–water partition coefficient (Wildman–Crippen LogP) is 3.56. The highest BCUT2D eigenvalue weighted by Gasteiger charge is 2.35. The molecule has 1 fully saturated rings. The monoisotopic (exact) mass is 278 g/mol. The lowest BCUT2D eigenvalue weighted by atomic mass is 9.73. The minimum Gasteiger partial charge on any atom is -0.392 e. The van der Waals surface area contributed by atoms with Gasteiger partial charge in [-0.1, -0.05) is 31.4 Å². The molecule has 1 aliphatic rings. The zero-order chi connectivity index (χ0) is 13.9. The molecule has 4 heteroatoms. The first-order valence-corrected chi connectivity index (χ1v) is 7.04. The van der Waals surface area contributed by atoms with Gasteiger partial charge in [0.2, 0.25) is 0 Å². The summed E-state index contributed by atoms with van der Waals surface area (Å²) in [7, 11) is 0. The van der Waals surface area contributed by atoms with E-state index in [2.05, 4.69) is 18.3 Å². The minimum absolute atomic E-state index is 0.120. The van der Waals surface area contributed by atoms with E-state index < -0.39 is 0 Å². The Bertz CT molecular complexity index is 497. The maximum atomic E-state index is 10.2. The van der Waals surface area contributed by atoms with Crippen LogP contribution >= 0.6 is 11.6 Å². The number of anilines is 1. The molecule has 0 bridgehead atoms. The fraction of sp³-hybridized carbons (Fsp3) is 0.533. The molecule has 2 atom stereocenters. The van der Waals surface area contributed by atoms with Gasteiger partial charge in [0.05, 0.1) is 17.4 Å². The van der Waals surface area contributed by atoms with Crippen LogP contribution in [0.1, 0.15) is 38.2 Å². The van der Waals surface area contributed by atoms with Crippen LogP contribution in [0.2, 0.25) is 5.02 Å². The van der Waals surface area contributed by atoms with Crippen LogP contribution in [0.4, 0.5) is 5.69 Å². The molecule has 1 aromatic carbocycles. The summed E-state index contributed by atoms with van der Waals surface area (Å²) < 4.78 is 0. The molecule has 0 aliphatic heterocycles. The Morgan fingerprint density at radius 1 is 1.53 bits per heavy atom. The van der Waals surface area contributed by atoms with Crippen LogP contribution in [-0.4, -0.2) is 17.8 Å². The highest BCUT2D eigenvalue weighted by atomic mass is 35.5. The molecule has 3 nitrogen and oxygen atoms in total. The van der Waals surface area contributed by atoms with Crippen LogP contribution < -0.4 is 5.32 Å². The van der Waals surface area contributed by atoms with Crippen molar-refractivity contribution < 1.29 is 5.11 Å². The van der Waals surface area contributed by atoms with Gasteiger partial charge in [-0.15, -0.1) is 0 Å². The molecule has 19 heavy (non-hydrogen) atoms. The fourth-order valence-electron chi connectivity index (χ4n) is 2.65. The molecule has 1 aliphatic carbocycles. The normalized spacial score (nSPS) is 26.7. The predicted molar refractivity (Wildman–Crippen MR) is 77.2 cm³/mol. The fourth-order valence-corrected chi connectivity index (χ4v) is 2.82. The lowest BCUT2D eigenvalue weighted by Gasteiger charge is -2.38. The van der Waals surface area contributed by atoms with Gasteiger partial charge in [-0.05, 0) is 31.0 Å². The molecule has 1 aromatic rings.